The Hall–Kier alpha value is -0.410. The minimum atomic E-state index is 0.379. The van der Waals surface area contributed by atoms with Crippen LogP contribution in [0.3, 0.4) is 0 Å². The van der Waals surface area contributed by atoms with Crippen molar-refractivity contribution in [2.24, 2.45) is 0 Å². The fraction of sp³-hybridized carbons (Fsp3) is 0.833. The van der Waals surface area contributed by atoms with Crippen LogP contribution >= 0.6 is 0 Å². The van der Waals surface area contributed by atoms with Crippen LogP contribution in [0, 0.1) is 0 Å². The molecule has 1 fully saturated rings. The van der Waals surface area contributed by atoms with Crippen molar-refractivity contribution < 1.29 is 4.79 Å². The number of carbonyl (C=O) groups is 1. The summed E-state index contributed by atoms with van der Waals surface area (Å²) in [7, 11) is 0. The number of rotatable bonds is 0. The van der Waals surface area contributed by atoms with Gasteiger partial charge in [0, 0.05) is 25.9 Å². The van der Waals surface area contributed by atoms with Gasteiger partial charge in [-0.15, -0.1) is 0 Å². The summed E-state index contributed by atoms with van der Waals surface area (Å²) in [6.07, 6.45) is 2.38. The summed E-state index contributed by atoms with van der Waals surface area (Å²) in [6, 6.07) is 0. The van der Waals surface area contributed by atoms with Gasteiger partial charge in [0.2, 0.25) is 0 Å². The molecule has 1 rings (SSSR count). The Balaban J connectivity index is 2.20. The van der Waals surface area contributed by atoms with E-state index in [4.69, 9.17) is 0 Å². The summed E-state index contributed by atoms with van der Waals surface area (Å²) in [5.74, 6) is 0.379. The molecule has 1 aliphatic heterocycles. The Morgan fingerprint density at radius 2 is 1.89 bits per heavy atom. The van der Waals surface area contributed by atoms with Gasteiger partial charge in [-0.2, -0.15) is 0 Å². The average Bonchev–Trinajstić information content (AvgIpc) is 1.79. The van der Waals surface area contributed by atoms with Gasteiger partial charge in [0.1, 0.15) is 5.78 Å². The third-order valence-corrected chi connectivity index (χ3v) is 1.41. The van der Waals surface area contributed by atoms with E-state index in [2.05, 4.69) is 10.9 Å². The number of ketones is 1. The Kier molecular flexibility index (Phi) is 2.67. The van der Waals surface area contributed by atoms with Gasteiger partial charge in [0.25, 0.3) is 0 Å². The summed E-state index contributed by atoms with van der Waals surface area (Å²) in [5.41, 5.74) is 5.95. The molecule has 0 spiro atoms. The van der Waals surface area contributed by atoms with Crippen LogP contribution < -0.4 is 10.9 Å². The molecule has 0 unspecified atom stereocenters. The van der Waals surface area contributed by atoms with Crippen LogP contribution in [0.2, 0.25) is 0 Å². The van der Waals surface area contributed by atoms with Crippen molar-refractivity contribution >= 4 is 5.78 Å². The van der Waals surface area contributed by atoms with Crippen molar-refractivity contribution in [1.82, 2.24) is 10.9 Å². The maximum absolute atomic E-state index is 10.8. The molecule has 0 atom stereocenters. The monoisotopic (exact) mass is 128 g/mol. The maximum Gasteiger partial charge on any atom is 0.134 e. The van der Waals surface area contributed by atoms with Crippen LogP contribution in [-0.2, 0) is 4.79 Å². The lowest BCUT2D eigenvalue weighted by Crippen LogP contribution is -2.36. The highest BCUT2D eigenvalue weighted by Gasteiger charge is 2.03. The maximum atomic E-state index is 10.8. The second-order valence-electron chi connectivity index (χ2n) is 2.25. The van der Waals surface area contributed by atoms with Crippen molar-refractivity contribution in [3.63, 3.8) is 0 Å². The normalized spacial score (nSPS) is 22.9. The molecule has 0 aliphatic carbocycles. The number of nitrogens with one attached hydrogen (secondary N) is 2. The molecular weight excluding hydrogens is 116 g/mol. The number of carbonyl (C=O) groups excluding carboxylic acids is 1. The fourth-order valence-corrected chi connectivity index (χ4v) is 0.878. The van der Waals surface area contributed by atoms with Gasteiger partial charge in [-0.3, -0.25) is 15.6 Å². The van der Waals surface area contributed by atoms with Crippen LogP contribution in [0.4, 0.5) is 0 Å². The molecule has 0 aromatic carbocycles. The average molecular weight is 128 g/mol. The van der Waals surface area contributed by atoms with Gasteiger partial charge in [0.15, 0.2) is 0 Å². The van der Waals surface area contributed by atoms with Crippen LogP contribution in [0.5, 0.6) is 0 Å². The number of hydrogen-bond acceptors (Lipinski definition) is 3. The molecule has 0 saturated carbocycles. The third-order valence-electron chi connectivity index (χ3n) is 1.41. The van der Waals surface area contributed by atoms with E-state index >= 15 is 0 Å². The van der Waals surface area contributed by atoms with Crippen LogP contribution in [-0.4, -0.2) is 18.9 Å². The molecule has 9 heavy (non-hydrogen) atoms. The van der Waals surface area contributed by atoms with E-state index in [1.54, 1.807) is 0 Å². The molecule has 0 bridgehead atoms. The first-order valence-corrected chi connectivity index (χ1v) is 3.37. The van der Waals surface area contributed by atoms with Gasteiger partial charge in [0.05, 0.1) is 0 Å². The van der Waals surface area contributed by atoms with E-state index < -0.39 is 0 Å². The van der Waals surface area contributed by atoms with E-state index in [1.165, 1.54) is 0 Å². The zero-order chi connectivity index (χ0) is 6.53. The van der Waals surface area contributed by atoms with E-state index in [1.807, 2.05) is 0 Å². The highest BCUT2D eigenvalue weighted by molar-refractivity contribution is 5.78. The van der Waals surface area contributed by atoms with Crippen molar-refractivity contribution in [3.8, 4) is 0 Å². The predicted molar refractivity (Wildman–Crippen MR) is 34.9 cm³/mol. The topological polar surface area (TPSA) is 41.1 Å². The molecule has 2 N–H and O–H groups in total. The largest absolute Gasteiger partial charge is 0.300 e. The zero-order valence-electron chi connectivity index (χ0n) is 5.44. The molecule has 1 heterocycles. The minimum Gasteiger partial charge on any atom is -0.300 e. The fourth-order valence-electron chi connectivity index (χ4n) is 0.878. The first kappa shape index (κ1) is 6.71. The number of Topliss-reactive ketones (excluding diaryl/α,β-unsaturated/α-hetero) is 1. The van der Waals surface area contributed by atoms with Crippen LogP contribution in [0.1, 0.15) is 19.3 Å². The third kappa shape index (κ3) is 2.58. The molecule has 0 radical (unpaired) electrons. The van der Waals surface area contributed by atoms with Gasteiger partial charge < -0.3 is 0 Å². The van der Waals surface area contributed by atoms with Gasteiger partial charge in [-0.05, 0) is 6.42 Å². The van der Waals surface area contributed by atoms with Crippen molar-refractivity contribution in [1.29, 1.82) is 0 Å². The molecule has 3 heteroatoms. The molecule has 0 aromatic rings. The Morgan fingerprint density at radius 3 is 2.78 bits per heavy atom. The Bertz CT molecular complexity index is 93.2. The lowest BCUT2D eigenvalue weighted by Gasteiger charge is -2.09. The first-order chi connectivity index (χ1) is 4.39. The van der Waals surface area contributed by atoms with Crippen LogP contribution in [0.15, 0.2) is 0 Å². The van der Waals surface area contributed by atoms with E-state index in [0.29, 0.717) is 12.2 Å². The standard InChI is InChI=1S/C6H12N2O/c9-6-2-1-4-7-8-5-3-6/h7-8H,1-5H2. The first-order valence-electron chi connectivity index (χ1n) is 3.37. The quantitative estimate of drug-likeness (QED) is 0.476. The molecule has 1 aliphatic rings. The Labute approximate surface area is 54.8 Å². The highest BCUT2D eigenvalue weighted by atomic mass is 16.1. The molecule has 52 valence electrons. The highest BCUT2D eigenvalue weighted by Crippen LogP contribution is 1.94. The number of hydrazine groups is 1. The summed E-state index contributed by atoms with van der Waals surface area (Å²) in [6.45, 7) is 1.69. The molecular formula is C6H12N2O. The second-order valence-corrected chi connectivity index (χ2v) is 2.25. The van der Waals surface area contributed by atoms with Crippen molar-refractivity contribution in [2.75, 3.05) is 13.1 Å². The number of hydrogen-bond donors (Lipinski definition) is 2. The smallest absolute Gasteiger partial charge is 0.134 e. The van der Waals surface area contributed by atoms with Gasteiger partial charge >= 0.3 is 0 Å². The van der Waals surface area contributed by atoms with Crippen LogP contribution in [0.25, 0.3) is 0 Å². The van der Waals surface area contributed by atoms with Crippen molar-refractivity contribution in [3.05, 3.63) is 0 Å². The SMILES string of the molecule is O=C1CCCNNCC1. The zero-order valence-corrected chi connectivity index (χ0v) is 5.44. The van der Waals surface area contributed by atoms with Crippen molar-refractivity contribution in [2.45, 2.75) is 19.3 Å². The summed E-state index contributed by atoms with van der Waals surface area (Å²) in [4.78, 5) is 10.8. The molecule has 1 saturated heterocycles. The van der Waals surface area contributed by atoms with Gasteiger partial charge in [-0.1, -0.05) is 0 Å². The lowest BCUT2D eigenvalue weighted by atomic mass is 10.1. The summed E-state index contributed by atoms with van der Waals surface area (Å²) < 4.78 is 0. The lowest BCUT2D eigenvalue weighted by molar-refractivity contribution is -0.119. The summed E-state index contributed by atoms with van der Waals surface area (Å²) in [5, 5.41) is 0. The van der Waals surface area contributed by atoms with E-state index in [9.17, 15) is 4.79 Å². The second kappa shape index (κ2) is 3.58. The Morgan fingerprint density at radius 1 is 1.11 bits per heavy atom. The molecule has 0 amide bonds. The molecule has 3 nitrogen and oxygen atoms in total. The molecule has 0 aromatic heterocycles. The van der Waals surface area contributed by atoms with Gasteiger partial charge in [-0.25, -0.2) is 0 Å². The minimum absolute atomic E-state index is 0.379. The van der Waals surface area contributed by atoms with E-state index in [0.717, 1.165) is 25.9 Å². The predicted octanol–water partition coefficient (Wildman–Crippen LogP) is -0.166. The van der Waals surface area contributed by atoms with E-state index in [-0.39, 0.29) is 0 Å². The summed E-state index contributed by atoms with van der Waals surface area (Å²) >= 11 is 0.